The van der Waals surface area contributed by atoms with Crippen LogP contribution in [0.4, 0.5) is 11.5 Å². The molecule has 0 bridgehead atoms. The lowest BCUT2D eigenvalue weighted by molar-refractivity contribution is -0.385. The van der Waals surface area contributed by atoms with Gasteiger partial charge in [-0.3, -0.25) is 10.1 Å². The number of piperidine rings is 1. The van der Waals surface area contributed by atoms with E-state index in [0.29, 0.717) is 5.92 Å². The van der Waals surface area contributed by atoms with Gasteiger partial charge in [0.05, 0.1) is 4.92 Å². The molecule has 0 amide bonds. The molecule has 1 unspecified atom stereocenters. The zero-order valence-electron chi connectivity index (χ0n) is 14.2. The summed E-state index contributed by atoms with van der Waals surface area (Å²) in [5, 5.41) is 19.7. The lowest BCUT2D eigenvalue weighted by Crippen LogP contribution is -2.36. The summed E-state index contributed by atoms with van der Waals surface area (Å²) in [6.07, 6.45) is 8.16. The van der Waals surface area contributed by atoms with E-state index in [1.54, 1.807) is 6.07 Å². The van der Waals surface area contributed by atoms with Gasteiger partial charge in [0.15, 0.2) is 0 Å². The van der Waals surface area contributed by atoms with Gasteiger partial charge < -0.3 is 9.47 Å². The summed E-state index contributed by atoms with van der Waals surface area (Å²) >= 11 is 0. The van der Waals surface area contributed by atoms with E-state index in [0.717, 1.165) is 56.4 Å². The number of aryl methyl sites for hydroxylation is 1. The minimum Gasteiger partial charge on any atom is -0.356 e. The van der Waals surface area contributed by atoms with Gasteiger partial charge in [-0.25, -0.2) is 4.98 Å². The molecule has 25 heavy (non-hydrogen) atoms. The molecule has 1 atom stereocenters. The average molecular weight is 342 g/mol. The summed E-state index contributed by atoms with van der Waals surface area (Å²) in [7, 11) is 0. The van der Waals surface area contributed by atoms with E-state index in [1.807, 2.05) is 0 Å². The van der Waals surface area contributed by atoms with Crippen LogP contribution in [0.5, 0.6) is 0 Å². The summed E-state index contributed by atoms with van der Waals surface area (Å²) in [6, 6.07) is 3.26. The van der Waals surface area contributed by atoms with Gasteiger partial charge in [-0.2, -0.15) is 0 Å². The van der Waals surface area contributed by atoms with Crippen LogP contribution in [0, 0.1) is 10.1 Å². The fraction of sp³-hybridized carbons (Fsp3) is 0.588. The van der Waals surface area contributed by atoms with E-state index in [9.17, 15) is 10.1 Å². The molecule has 2 aromatic heterocycles. The van der Waals surface area contributed by atoms with Crippen molar-refractivity contribution in [2.24, 2.45) is 0 Å². The van der Waals surface area contributed by atoms with Crippen molar-refractivity contribution in [3.8, 4) is 0 Å². The van der Waals surface area contributed by atoms with E-state index in [1.165, 1.54) is 31.5 Å². The van der Waals surface area contributed by atoms with Gasteiger partial charge in [0.1, 0.15) is 23.7 Å². The van der Waals surface area contributed by atoms with Crippen LogP contribution >= 0.6 is 0 Å². The number of anilines is 1. The zero-order valence-corrected chi connectivity index (χ0v) is 14.2. The third-order valence-corrected chi connectivity index (χ3v) is 5.19. The lowest BCUT2D eigenvalue weighted by atomic mass is 9.97. The first kappa shape index (κ1) is 16.0. The quantitative estimate of drug-likeness (QED) is 0.629. The number of nitrogens with zero attached hydrogens (tertiary/aromatic N) is 6. The van der Waals surface area contributed by atoms with Gasteiger partial charge in [-0.05, 0) is 31.7 Å². The molecule has 0 N–H and O–H groups in total. The van der Waals surface area contributed by atoms with Crippen LogP contribution in [0.15, 0.2) is 18.3 Å². The third-order valence-electron chi connectivity index (χ3n) is 5.19. The molecule has 1 saturated heterocycles. The van der Waals surface area contributed by atoms with Crippen LogP contribution in [0.25, 0.3) is 0 Å². The van der Waals surface area contributed by atoms with Crippen molar-refractivity contribution in [1.29, 1.82) is 0 Å². The second kappa shape index (κ2) is 6.78. The smallest absolute Gasteiger partial charge is 0.287 e. The topological polar surface area (TPSA) is 90.0 Å². The lowest BCUT2D eigenvalue weighted by Gasteiger charge is -2.33. The van der Waals surface area contributed by atoms with Gasteiger partial charge in [0.2, 0.25) is 0 Å². The van der Waals surface area contributed by atoms with Crippen molar-refractivity contribution in [1.82, 2.24) is 19.7 Å². The fourth-order valence-electron chi connectivity index (χ4n) is 3.88. The van der Waals surface area contributed by atoms with Crippen molar-refractivity contribution < 1.29 is 4.92 Å². The molecule has 0 aromatic carbocycles. The van der Waals surface area contributed by atoms with Crippen LogP contribution in [-0.2, 0) is 13.0 Å². The molecule has 4 rings (SSSR count). The van der Waals surface area contributed by atoms with E-state index in [-0.39, 0.29) is 5.69 Å². The van der Waals surface area contributed by atoms with E-state index < -0.39 is 4.92 Å². The number of hydrogen-bond donors (Lipinski definition) is 0. The standard InChI is InChI=1S/C17H22N6O2/c24-23(25)14-7-8-15(18-11-14)21-9-4-5-13(12-21)17-20-19-16-6-2-1-3-10-22(16)17/h7-8,11,13H,1-6,9-10,12H2. The molecular weight excluding hydrogens is 320 g/mol. The zero-order chi connectivity index (χ0) is 17.2. The molecule has 132 valence electrons. The van der Waals surface area contributed by atoms with Crippen molar-refractivity contribution in [2.75, 3.05) is 18.0 Å². The minimum absolute atomic E-state index is 0.0279. The molecule has 2 aliphatic rings. The molecule has 0 radical (unpaired) electrons. The molecular formula is C17H22N6O2. The van der Waals surface area contributed by atoms with Crippen LogP contribution in [0.1, 0.15) is 49.7 Å². The normalized spacial score (nSPS) is 20.8. The molecule has 8 nitrogen and oxygen atoms in total. The Hall–Kier alpha value is -2.51. The Morgan fingerprint density at radius 3 is 2.84 bits per heavy atom. The fourth-order valence-corrected chi connectivity index (χ4v) is 3.88. The highest BCUT2D eigenvalue weighted by atomic mass is 16.6. The van der Waals surface area contributed by atoms with Gasteiger partial charge >= 0.3 is 0 Å². The maximum atomic E-state index is 10.8. The number of aromatic nitrogens is 4. The summed E-state index contributed by atoms with van der Waals surface area (Å²) in [6.45, 7) is 2.77. The Morgan fingerprint density at radius 2 is 2.04 bits per heavy atom. The molecule has 8 heteroatoms. The van der Waals surface area contributed by atoms with Gasteiger partial charge in [0.25, 0.3) is 5.69 Å². The second-order valence-corrected chi connectivity index (χ2v) is 6.85. The Morgan fingerprint density at radius 1 is 1.12 bits per heavy atom. The Labute approximate surface area is 146 Å². The number of hydrogen-bond acceptors (Lipinski definition) is 6. The molecule has 4 heterocycles. The molecule has 2 aliphatic heterocycles. The third kappa shape index (κ3) is 3.20. The molecule has 2 aromatic rings. The van der Waals surface area contributed by atoms with Gasteiger partial charge in [-0.15, -0.1) is 10.2 Å². The van der Waals surface area contributed by atoms with Crippen LogP contribution in [0.3, 0.4) is 0 Å². The molecule has 0 aliphatic carbocycles. The Bertz CT molecular complexity index is 757. The van der Waals surface area contributed by atoms with Crippen LogP contribution in [-0.4, -0.2) is 37.8 Å². The number of pyridine rings is 1. The van der Waals surface area contributed by atoms with Crippen molar-refractivity contribution in [3.63, 3.8) is 0 Å². The van der Waals surface area contributed by atoms with Crippen LogP contribution < -0.4 is 4.90 Å². The molecule has 1 fully saturated rings. The minimum atomic E-state index is -0.415. The highest BCUT2D eigenvalue weighted by Gasteiger charge is 2.28. The highest BCUT2D eigenvalue weighted by molar-refractivity contribution is 5.43. The first-order valence-corrected chi connectivity index (χ1v) is 9.00. The number of nitro groups is 1. The predicted molar refractivity (Wildman–Crippen MR) is 92.7 cm³/mol. The van der Waals surface area contributed by atoms with E-state index >= 15 is 0 Å². The average Bonchev–Trinajstić information content (AvgIpc) is 2.90. The number of rotatable bonds is 3. The second-order valence-electron chi connectivity index (χ2n) is 6.85. The molecule has 0 spiro atoms. The Balaban J connectivity index is 1.53. The number of fused-ring (bicyclic) bond motifs is 1. The van der Waals surface area contributed by atoms with Crippen molar-refractivity contribution in [2.45, 2.75) is 51.0 Å². The van der Waals surface area contributed by atoms with E-state index in [2.05, 4.69) is 24.6 Å². The van der Waals surface area contributed by atoms with E-state index in [4.69, 9.17) is 0 Å². The SMILES string of the molecule is O=[N+]([O-])c1ccc(N2CCCC(c3nnc4n3CCCCC4)C2)nc1. The maximum Gasteiger partial charge on any atom is 0.287 e. The highest BCUT2D eigenvalue weighted by Crippen LogP contribution is 2.30. The largest absolute Gasteiger partial charge is 0.356 e. The Kier molecular flexibility index (Phi) is 4.33. The summed E-state index contributed by atoms with van der Waals surface area (Å²) in [4.78, 5) is 16.9. The first-order chi connectivity index (χ1) is 12.2. The monoisotopic (exact) mass is 342 g/mol. The predicted octanol–water partition coefficient (Wildman–Crippen LogP) is 2.69. The van der Waals surface area contributed by atoms with Crippen molar-refractivity contribution in [3.05, 3.63) is 40.1 Å². The summed E-state index contributed by atoms with van der Waals surface area (Å²) in [5.41, 5.74) is 0.0279. The van der Waals surface area contributed by atoms with Crippen LogP contribution in [0.2, 0.25) is 0 Å². The maximum absolute atomic E-state index is 10.8. The molecule has 0 saturated carbocycles. The summed E-state index contributed by atoms with van der Waals surface area (Å²) in [5.74, 6) is 3.36. The van der Waals surface area contributed by atoms with Gasteiger partial charge in [-0.1, -0.05) is 6.42 Å². The summed E-state index contributed by atoms with van der Waals surface area (Å²) < 4.78 is 2.32. The van der Waals surface area contributed by atoms with Gasteiger partial charge in [0, 0.05) is 38.0 Å². The van der Waals surface area contributed by atoms with Crippen molar-refractivity contribution >= 4 is 11.5 Å². The first-order valence-electron chi connectivity index (χ1n) is 9.00.